The van der Waals surface area contributed by atoms with Gasteiger partial charge in [-0.15, -0.1) is 11.3 Å². The van der Waals surface area contributed by atoms with Crippen LogP contribution in [0.15, 0.2) is 24.5 Å². The first-order valence-electron chi connectivity index (χ1n) is 7.77. The van der Waals surface area contributed by atoms with E-state index in [4.69, 9.17) is 9.47 Å². The van der Waals surface area contributed by atoms with Gasteiger partial charge in [-0.3, -0.25) is 0 Å². The molecule has 0 bridgehead atoms. The molecular weight excluding hydrogens is 357 g/mol. The summed E-state index contributed by atoms with van der Waals surface area (Å²) in [5.41, 5.74) is 2.20. The fourth-order valence-electron chi connectivity index (χ4n) is 2.88. The number of carbonyl (C=O) groups excluding carboxylic acids is 1. The molecule has 26 heavy (non-hydrogen) atoms. The number of halogens is 1. The van der Waals surface area contributed by atoms with Gasteiger partial charge in [-0.25, -0.2) is 19.2 Å². The number of H-pyrrole nitrogens is 1. The van der Waals surface area contributed by atoms with E-state index in [-0.39, 0.29) is 11.6 Å². The smallest absolute Gasteiger partial charge is 0.348 e. The van der Waals surface area contributed by atoms with Crippen LogP contribution in [0.2, 0.25) is 0 Å². The molecule has 0 spiro atoms. The van der Waals surface area contributed by atoms with Gasteiger partial charge >= 0.3 is 5.97 Å². The highest BCUT2D eigenvalue weighted by atomic mass is 32.1. The molecule has 0 aliphatic heterocycles. The van der Waals surface area contributed by atoms with Crippen molar-refractivity contribution in [3.8, 4) is 11.6 Å². The third kappa shape index (κ3) is 2.50. The molecule has 0 saturated heterocycles. The molecule has 0 amide bonds. The van der Waals surface area contributed by atoms with Gasteiger partial charge in [-0.05, 0) is 37.6 Å². The number of hydrogen-bond acceptors (Lipinski definition) is 6. The second-order valence-corrected chi connectivity index (χ2v) is 6.80. The van der Waals surface area contributed by atoms with Gasteiger partial charge in [0.1, 0.15) is 16.0 Å². The summed E-state index contributed by atoms with van der Waals surface area (Å²) in [5, 5.41) is 1.02. The normalized spacial score (nSPS) is 11.2. The molecule has 0 aliphatic rings. The monoisotopic (exact) mass is 371 g/mol. The van der Waals surface area contributed by atoms with Crippen LogP contribution in [0, 0.1) is 19.7 Å². The predicted octanol–water partition coefficient (Wildman–Crippen LogP) is 4.51. The van der Waals surface area contributed by atoms with E-state index in [1.165, 1.54) is 24.8 Å². The number of esters is 1. The van der Waals surface area contributed by atoms with E-state index in [0.29, 0.717) is 31.6 Å². The van der Waals surface area contributed by atoms with Gasteiger partial charge in [0.05, 0.1) is 12.5 Å². The van der Waals surface area contributed by atoms with Crippen LogP contribution in [0.3, 0.4) is 0 Å². The van der Waals surface area contributed by atoms with Crippen molar-refractivity contribution in [3.05, 3.63) is 46.5 Å². The minimum Gasteiger partial charge on any atom is -0.465 e. The summed E-state index contributed by atoms with van der Waals surface area (Å²) in [6.45, 7) is 3.62. The van der Waals surface area contributed by atoms with Gasteiger partial charge in [-0.1, -0.05) is 0 Å². The summed E-state index contributed by atoms with van der Waals surface area (Å²) in [4.78, 5) is 24.3. The fourth-order valence-corrected chi connectivity index (χ4v) is 3.93. The first kappa shape index (κ1) is 16.5. The Morgan fingerprint density at radius 1 is 1.27 bits per heavy atom. The zero-order valence-corrected chi connectivity index (χ0v) is 15.0. The maximum atomic E-state index is 14.8. The predicted molar refractivity (Wildman–Crippen MR) is 96.6 cm³/mol. The molecule has 132 valence electrons. The van der Waals surface area contributed by atoms with E-state index in [1.807, 2.05) is 6.92 Å². The number of methoxy groups -OCH3 is 1. The molecule has 0 aliphatic carbocycles. The lowest BCUT2D eigenvalue weighted by Crippen LogP contribution is -2.00. The molecular formula is C18H14FN3O3S. The zero-order chi connectivity index (χ0) is 18.4. The number of fused-ring (bicyclic) bond motifs is 2. The van der Waals surface area contributed by atoms with E-state index in [9.17, 15) is 9.18 Å². The lowest BCUT2D eigenvalue weighted by molar-refractivity contribution is 0.0605. The van der Waals surface area contributed by atoms with Crippen molar-refractivity contribution in [1.82, 2.24) is 15.0 Å². The Bertz CT molecular complexity index is 1170. The van der Waals surface area contributed by atoms with Crippen LogP contribution in [-0.2, 0) is 4.74 Å². The molecule has 4 rings (SSSR count). The average Bonchev–Trinajstić information content (AvgIpc) is 3.18. The summed E-state index contributed by atoms with van der Waals surface area (Å²) in [6, 6.07) is 5.02. The second-order valence-electron chi connectivity index (χ2n) is 5.80. The van der Waals surface area contributed by atoms with E-state index in [1.54, 1.807) is 25.1 Å². The Balaban J connectivity index is 1.84. The Kier molecular flexibility index (Phi) is 3.84. The molecule has 3 heterocycles. The van der Waals surface area contributed by atoms with Crippen LogP contribution < -0.4 is 4.74 Å². The number of hydrogen-bond donors (Lipinski definition) is 1. The molecule has 3 aromatic heterocycles. The van der Waals surface area contributed by atoms with Crippen molar-refractivity contribution in [3.63, 3.8) is 0 Å². The van der Waals surface area contributed by atoms with Crippen molar-refractivity contribution in [2.24, 2.45) is 0 Å². The van der Waals surface area contributed by atoms with Gasteiger partial charge in [0, 0.05) is 16.6 Å². The van der Waals surface area contributed by atoms with Crippen LogP contribution in [0.5, 0.6) is 11.6 Å². The van der Waals surface area contributed by atoms with Gasteiger partial charge in [0.2, 0.25) is 5.88 Å². The Morgan fingerprint density at radius 2 is 2.08 bits per heavy atom. The summed E-state index contributed by atoms with van der Waals surface area (Å²) >= 11 is 1.19. The lowest BCUT2D eigenvalue weighted by atomic mass is 10.2. The van der Waals surface area contributed by atoms with E-state index >= 15 is 0 Å². The van der Waals surface area contributed by atoms with Crippen molar-refractivity contribution in [2.45, 2.75) is 13.8 Å². The van der Waals surface area contributed by atoms with Crippen molar-refractivity contribution in [2.75, 3.05) is 7.11 Å². The number of aromatic nitrogens is 3. The maximum Gasteiger partial charge on any atom is 0.348 e. The van der Waals surface area contributed by atoms with Gasteiger partial charge in [0.25, 0.3) is 0 Å². The lowest BCUT2D eigenvalue weighted by Gasteiger charge is -2.08. The molecule has 0 unspecified atom stereocenters. The second kappa shape index (κ2) is 6.06. The first-order chi connectivity index (χ1) is 12.5. The van der Waals surface area contributed by atoms with E-state index in [2.05, 4.69) is 15.0 Å². The highest BCUT2D eigenvalue weighted by molar-refractivity contribution is 7.20. The van der Waals surface area contributed by atoms with Gasteiger partial charge in [-0.2, -0.15) is 0 Å². The molecule has 0 radical (unpaired) electrons. The number of aryl methyl sites for hydroxylation is 2. The Labute approximate surface area is 151 Å². The van der Waals surface area contributed by atoms with Crippen LogP contribution in [0.4, 0.5) is 4.39 Å². The summed E-state index contributed by atoms with van der Waals surface area (Å²) in [7, 11) is 1.32. The number of nitrogens with zero attached hydrogens (tertiary/aromatic N) is 2. The molecule has 0 saturated carbocycles. The number of benzene rings is 1. The third-order valence-electron chi connectivity index (χ3n) is 4.11. The molecule has 6 nitrogen and oxygen atoms in total. The number of carbonyl (C=O) groups is 1. The highest BCUT2D eigenvalue weighted by Gasteiger charge is 2.21. The molecule has 8 heteroatoms. The third-order valence-corrected chi connectivity index (χ3v) is 5.29. The van der Waals surface area contributed by atoms with Gasteiger partial charge in [0.15, 0.2) is 11.6 Å². The zero-order valence-electron chi connectivity index (χ0n) is 14.2. The SMILES string of the molecule is COC(=O)c1sc2ncnc(Oc3ccc4[nH]c(C)cc4c3F)c2c1C. The average molecular weight is 371 g/mol. The molecule has 1 aromatic carbocycles. The first-order valence-corrected chi connectivity index (χ1v) is 8.59. The van der Waals surface area contributed by atoms with E-state index in [0.717, 1.165) is 5.69 Å². The van der Waals surface area contributed by atoms with Gasteiger partial charge < -0.3 is 14.5 Å². The summed E-state index contributed by atoms with van der Waals surface area (Å²) in [5.74, 6) is -0.669. The minimum absolute atomic E-state index is 0.0571. The van der Waals surface area contributed by atoms with Crippen molar-refractivity contribution < 1.29 is 18.7 Å². The molecule has 0 atom stereocenters. The highest BCUT2D eigenvalue weighted by Crippen LogP contribution is 2.38. The molecule has 1 N–H and O–H groups in total. The van der Waals surface area contributed by atoms with E-state index < -0.39 is 11.8 Å². The molecule has 0 fully saturated rings. The van der Waals surface area contributed by atoms with Crippen molar-refractivity contribution in [1.29, 1.82) is 0 Å². The Morgan fingerprint density at radius 3 is 2.85 bits per heavy atom. The van der Waals surface area contributed by atoms with Crippen LogP contribution >= 0.6 is 11.3 Å². The standard InChI is InChI=1S/C18H14FN3O3S/c1-8-6-10-11(22-8)4-5-12(14(10)19)25-16-13-9(2)15(18(23)24-3)26-17(13)21-7-20-16/h4-7,22H,1-3H3. The van der Waals surface area contributed by atoms with Crippen LogP contribution in [0.25, 0.3) is 21.1 Å². The largest absolute Gasteiger partial charge is 0.465 e. The van der Waals surface area contributed by atoms with Crippen LogP contribution in [0.1, 0.15) is 20.9 Å². The maximum absolute atomic E-state index is 14.8. The summed E-state index contributed by atoms with van der Waals surface area (Å²) < 4.78 is 25.4. The number of thiophene rings is 1. The molecule has 4 aromatic rings. The Hall–Kier alpha value is -3.00. The van der Waals surface area contributed by atoms with Crippen LogP contribution in [-0.4, -0.2) is 28.0 Å². The fraction of sp³-hybridized carbons (Fsp3) is 0.167. The number of nitrogens with one attached hydrogen (secondary N) is 1. The topological polar surface area (TPSA) is 77.1 Å². The number of ether oxygens (including phenoxy) is 2. The summed E-state index contributed by atoms with van der Waals surface area (Å²) in [6.07, 6.45) is 1.32. The quantitative estimate of drug-likeness (QED) is 0.536. The minimum atomic E-state index is -0.473. The number of aromatic amines is 1. The van der Waals surface area contributed by atoms with Crippen molar-refractivity contribution >= 4 is 38.4 Å². The number of rotatable bonds is 3.